The maximum absolute atomic E-state index is 11.2. The molecule has 0 aliphatic heterocycles. The summed E-state index contributed by atoms with van der Waals surface area (Å²) in [6, 6.07) is 12.7. The van der Waals surface area contributed by atoms with Gasteiger partial charge in [0.1, 0.15) is 0 Å². The van der Waals surface area contributed by atoms with Crippen LogP contribution in [0.15, 0.2) is 42.5 Å². The highest BCUT2D eigenvalue weighted by Crippen LogP contribution is 2.23. The van der Waals surface area contributed by atoms with Crippen LogP contribution in [0.3, 0.4) is 0 Å². The molecule has 2 rings (SSSR count). The Labute approximate surface area is 111 Å². The van der Waals surface area contributed by atoms with Crippen molar-refractivity contribution in [3.63, 3.8) is 0 Å². The van der Waals surface area contributed by atoms with E-state index in [9.17, 15) is 4.79 Å². The lowest BCUT2D eigenvalue weighted by atomic mass is 10.1. The minimum absolute atomic E-state index is 0.166. The Balaban J connectivity index is 2.29. The maximum Gasteiger partial charge on any atom is 0.337 e. The molecular formula is C15H16N2O2. The largest absolute Gasteiger partial charge is 0.478 e. The number of aromatic carboxylic acids is 1. The van der Waals surface area contributed by atoms with E-state index in [1.54, 1.807) is 12.1 Å². The van der Waals surface area contributed by atoms with E-state index in [0.29, 0.717) is 11.4 Å². The highest BCUT2D eigenvalue weighted by molar-refractivity contribution is 5.96. The van der Waals surface area contributed by atoms with E-state index in [4.69, 9.17) is 10.8 Å². The van der Waals surface area contributed by atoms with Crippen LogP contribution in [0, 0.1) is 0 Å². The van der Waals surface area contributed by atoms with Crippen LogP contribution < -0.4 is 11.1 Å². The molecule has 0 saturated heterocycles. The molecule has 0 saturated carbocycles. The molecule has 0 radical (unpaired) electrons. The number of carbonyl (C=O) groups is 1. The van der Waals surface area contributed by atoms with Gasteiger partial charge in [0.15, 0.2) is 0 Å². The van der Waals surface area contributed by atoms with Crippen LogP contribution in [0.2, 0.25) is 0 Å². The first kappa shape index (κ1) is 13.0. The lowest BCUT2D eigenvalue weighted by molar-refractivity contribution is 0.0698. The summed E-state index contributed by atoms with van der Waals surface area (Å²) in [5.74, 6) is -1.00. The Morgan fingerprint density at radius 3 is 2.47 bits per heavy atom. The molecule has 0 aliphatic carbocycles. The summed E-state index contributed by atoms with van der Waals surface area (Å²) in [5.41, 5.74) is 8.83. The molecule has 0 atom stereocenters. The molecule has 2 aromatic rings. The van der Waals surface area contributed by atoms with Gasteiger partial charge in [-0.05, 0) is 42.3 Å². The lowest BCUT2D eigenvalue weighted by Gasteiger charge is -2.10. The Bertz CT molecular complexity index is 592. The number of nitrogens with one attached hydrogen (secondary N) is 1. The van der Waals surface area contributed by atoms with Crippen molar-refractivity contribution in [3.05, 3.63) is 53.6 Å². The van der Waals surface area contributed by atoms with Crippen molar-refractivity contribution in [3.8, 4) is 0 Å². The standard InChI is InChI=1S/C15H16N2O2/c1-2-10-3-6-12(7-4-10)17-14-8-5-11(16)9-13(14)15(18)19/h3-9,17H,2,16H2,1H3,(H,18,19). The zero-order chi connectivity index (χ0) is 13.8. The molecule has 4 N–H and O–H groups in total. The van der Waals surface area contributed by atoms with Crippen molar-refractivity contribution < 1.29 is 9.90 Å². The molecule has 19 heavy (non-hydrogen) atoms. The number of carboxylic acid groups (broad SMARTS) is 1. The van der Waals surface area contributed by atoms with E-state index in [2.05, 4.69) is 12.2 Å². The second-order valence-corrected chi connectivity index (χ2v) is 4.29. The normalized spacial score (nSPS) is 10.2. The molecule has 0 fully saturated rings. The predicted molar refractivity (Wildman–Crippen MR) is 76.9 cm³/mol. The van der Waals surface area contributed by atoms with Crippen molar-refractivity contribution in [2.45, 2.75) is 13.3 Å². The molecule has 0 amide bonds. The number of nitrogen functional groups attached to an aromatic ring is 1. The summed E-state index contributed by atoms with van der Waals surface area (Å²) in [5, 5.41) is 12.3. The number of carboxylic acids is 1. The lowest BCUT2D eigenvalue weighted by Crippen LogP contribution is -2.03. The molecule has 0 unspecified atom stereocenters. The number of nitrogens with two attached hydrogens (primary N) is 1. The smallest absolute Gasteiger partial charge is 0.337 e. The zero-order valence-corrected chi connectivity index (χ0v) is 10.7. The van der Waals surface area contributed by atoms with Crippen molar-refractivity contribution >= 4 is 23.0 Å². The highest BCUT2D eigenvalue weighted by Gasteiger charge is 2.10. The van der Waals surface area contributed by atoms with Crippen LogP contribution in [0.4, 0.5) is 17.1 Å². The van der Waals surface area contributed by atoms with E-state index >= 15 is 0 Å². The summed E-state index contributed by atoms with van der Waals surface area (Å²) >= 11 is 0. The van der Waals surface area contributed by atoms with Gasteiger partial charge in [-0.2, -0.15) is 0 Å². The van der Waals surface area contributed by atoms with Crippen LogP contribution in [0.5, 0.6) is 0 Å². The van der Waals surface area contributed by atoms with Crippen molar-refractivity contribution in [2.24, 2.45) is 0 Å². The van der Waals surface area contributed by atoms with E-state index in [1.165, 1.54) is 11.6 Å². The Kier molecular flexibility index (Phi) is 3.71. The average molecular weight is 256 g/mol. The van der Waals surface area contributed by atoms with Crippen molar-refractivity contribution in [1.82, 2.24) is 0 Å². The molecule has 0 heterocycles. The summed E-state index contributed by atoms with van der Waals surface area (Å²) < 4.78 is 0. The van der Waals surface area contributed by atoms with Crippen LogP contribution in [0.1, 0.15) is 22.8 Å². The summed E-state index contributed by atoms with van der Waals surface area (Å²) in [6.07, 6.45) is 0.975. The second-order valence-electron chi connectivity index (χ2n) is 4.29. The van der Waals surface area contributed by atoms with Crippen LogP contribution in [-0.4, -0.2) is 11.1 Å². The van der Waals surface area contributed by atoms with Gasteiger partial charge in [-0.25, -0.2) is 4.79 Å². The van der Waals surface area contributed by atoms with Gasteiger partial charge in [-0.1, -0.05) is 19.1 Å². The average Bonchev–Trinajstić information content (AvgIpc) is 2.41. The minimum Gasteiger partial charge on any atom is -0.478 e. The number of rotatable bonds is 4. The van der Waals surface area contributed by atoms with Gasteiger partial charge in [-0.15, -0.1) is 0 Å². The first-order valence-electron chi connectivity index (χ1n) is 6.09. The first-order chi connectivity index (χ1) is 9.10. The summed E-state index contributed by atoms with van der Waals surface area (Å²) in [4.78, 5) is 11.2. The Morgan fingerprint density at radius 2 is 1.89 bits per heavy atom. The van der Waals surface area contributed by atoms with Gasteiger partial charge in [0.05, 0.1) is 11.3 Å². The number of hydrogen-bond donors (Lipinski definition) is 3. The quantitative estimate of drug-likeness (QED) is 0.734. The van der Waals surface area contributed by atoms with Gasteiger partial charge in [0.2, 0.25) is 0 Å². The van der Waals surface area contributed by atoms with Gasteiger partial charge in [0.25, 0.3) is 0 Å². The van der Waals surface area contributed by atoms with Gasteiger partial charge in [-0.3, -0.25) is 0 Å². The fourth-order valence-corrected chi connectivity index (χ4v) is 1.83. The maximum atomic E-state index is 11.2. The first-order valence-corrected chi connectivity index (χ1v) is 6.09. The number of benzene rings is 2. The summed E-state index contributed by atoms with van der Waals surface area (Å²) in [7, 11) is 0. The fourth-order valence-electron chi connectivity index (χ4n) is 1.83. The van der Waals surface area contributed by atoms with E-state index in [-0.39, 0.29) is 5.56 Å². The molecular weight excluding hydrogens is 240 g/mol. The Hall–Kier alpha value is -2.49. The van der Waals surface area contributed by atoms with Crippen molar-refractivity contribution in [2.75, 3.05) is 11.1 Å². The van der Waals surface area contributed by atoms with Gasteiger partial charge >= 0.3 is 5.97 Å². The van der Waals surface area contributed by atoms with E-state index < -0.39 is 5.97 Å². The third-order valence-electron chi connectivity index (χ3n) is 2.92. The molecule has 2 aromatic carbocycles. The highest BCUT2D eigenvalue weighted by atomic mass is 16.4. The molecule has 4 nitrogen and oxygen atoms in total. The monoisotopic (exact) mass is 256 g/mol. The zero-order valence-electron chi connectivity index (χ0n) is 10.7. The third-order valence-corrected chi connectivity index (χ3v) is 2.92. The van der Waals surface area contributed by atoms with Crippen LogP contribution >= 0.6 is 0 Å². The molecule has 0 bridgehead atoms. The second kappa shape index (κ2) is 5.44. The molecule has 0 spiro atoms. The van der Waals surface area contributed by atoms with E-state index in [1.807, 2.05) is 24.3 Å². The van der Waals surface area contributed by atoms with Crippen LogP contribution in [-0.2, 0) is 6.42 Å². The van der Waals surface area contributed by atoms with E-state index in [0.717, 1.165) is 12.1 Å². The third kappa shape index (κ3) is 3.04. The molecule has 0 aromatic heterocycles. The SMILES string of the molecule is CCc1ccc(Nc2ccc(N)cc2C(=O)O)cc1. The number of aryl methyl sites for hydroxylation is 1. The number of anilines is 3. The molecule has 4 heteroatoms. The molecule has 98 valence electrons. The number of hydrogen-bond acceptors (Lipinski definition) is 3. The van der Waals surface area contributed by atoms with Crippen LogP contribution in [0.25, 0.3) is 0 Å². The molecule has 0 aliphatic rings. The minimum atomic E-state index is -1.00. The topological polar surface area (TPSA) is 75.3 Å². The Morgan fingerprint density at radius 1 is 1.21 bits per heavy atom. The predicted octanol–water partition coefficient (Wildman–Crippen LogP) is 3.27. The summed E-state index contributed by atoms with van der Waals surface area (Å²) in [6.45, 7) is 2.09. The van der Waals surface area contributed by atoms with Gasteiger partial charge < -0.3 is 16.2 Å². The fraction of sp³-hybridized carbons (Fsp3) is 0.133. The van der Waals surface area contributed by atoms with Crippen molar-refractivity contribution in [1.29, 1.82) is 0 Å². The van der Waals surface area contributed by atoms with Gasteiger partial charge in [0, 0.05) is 11.4 Å².